The molecule has 0 radical (unpaired) electrons. The molecule has 216 valence electrons. The van der Waals surface area contributed by atoms with Crippen molar-refractivity contribution in [1.82, 2.24) is 20.2 Å². The Morgan fingerprint density at radius 2 is 2.02 bits per heavy atom. The molecule has 5 atom stereocenters. The highest BCUT2D eigenvalue weighted by Crippen LogP contribution is 2.42. The van der Waals surface area contributed by atoms with E-state index in [1.807, 2.05) is 13.8 Å². The number of piperazine rings is 1. The second-order valence-corrected chi connectivity index (χ2v) is 12.5. The molecule has 0 spiro atoms. The van der Waals surface area contributed by atoms with Gasteiger partial charge in [-0.15, -0.1) is 0 Å². The number of nitrogens with one attached hydrogen (secondary N) is 1. The van der Waals surface area contributed by atoms with Crippen LogP contribution in [0.1, 0.15) is 73.1 Å². The molecule has 4 fully saturated rings. The third-order valence-corrected chi connectivity index (χ3v) is 9.94. The molecule has 2 bridgehead atoms. The second kappa shape index (κ2) is 10.1. The molecular weight excluding hydrogens is 514 g/mol. The summed E-state index contributed by atoms with van der Waals surface area (Å²) in [4.78, 5) is 14.4. The number of anilines is 2. The van der Waals surface area contributed by atoms with Crippen molar-refractivity contribution in [2.75, 3.05) is 43.4 Å². The number of aromatic nitrogens is 2. The van der Waals surface area contributed by atoms with Crippen molar-refractivity contribution in [1.29, 1.82) is 0 Å². The van der Waals surface area contributed by atoms with Gasteiger partial charge in [-0.1, -0.05) is 6.92 Å². The Labute approximate surface area is 234 Å². The van der Waals surface area contributed by atoms with E-state index in [9.17, 15) is 4.39 Å². The van der Waals surface area contributed by atoms with Gasteiger partial charge in [-0.3, -0.25) is 4.90 Å². The molecule has 3 N–H and O–H groups in total. The number of ether oxygens (including phenoxy) is 2. The Kier molecular flexibility index (Phi) is 6.63. The summed E-state index contributed by atoms with van der Waals surface area (Å²) in [6, 6.07) is 2.90. The molecule has 4 saturated heterocycles. The van der Waals surface area contributed by atoms with Crippen LogP contribution in [0.25, 0.3) is 0 Å². The molecule has 6 heterocycles. The van der Waals surface area contributed by atoms with Crippen molar-refractivity contribution in [2.24, 2.45) is 0 Å². The van der Waals surface area contributed by atoms with E-state index in [1.54, 1.807) is 6.07 Å². The third-order valence-electron chi connectivity index (χ3n) is 9.94. The summed E-state index contributed by atoms with van der Waals surface area (Å²) in [7, 11) is 0. The van der Waals surface area contributed by atoms with Gasteiger partial charge in [0.2, 0.25) is 0 Å². The summed E-state index contributed by atoms with van der Waals surface area (Å²) in [5.74, 6) is 0.454. The average Bonchev–Trinajstić information content (AvgIpc) is 3.58. The first kappa shape index (κ1) is 26.3. The lowest BCUT2D eigenvalue weighted by molar-refractivity contribution is 0.0227. The monoisotopic (exact) mass is 554 g/mol. The van der Waals surface area contributed by atoms with Gasteiger partial charge in [-0.2, -0.15) is 9.97 Å². The number of rotatable bonds is 6. The zero-order chi connectivity index (χ0) is 27.6. The Balaban J connectivity index is 1.23. The SMILES string of the molecule is CCc1c(C)cc(N)c(F)c1C1Cc2nc(OC[C@@]34CCCN3C[C@H](F)C4)nc(N3CC4CCC(C3)N4)c2CO1. The maximum Gasteiger partial charge on any atom is 0.318 e. The normalized spacial score (nSPS) is 31.4. The minimum Gasteiger partial charge on any atom is -0.461 e. The van der Waals surface area contributed by atoms with Crippen LogP contribution in [0.5, 0.6) is 6.01 Å². The van der Waals surface area contributed by atoms with Crippen LogP contribution < -0.4 is 20.7 Å². The predicted octanol–water partition coefficient (Wildman–Crippen LogP) is 3.78. The highest BCUT2D eigenvalue weighted by Gasteiger charge is 2.49. The number of nitrogens with two attached hydrogens (primary N) is 1. The number of nitrogens with zero attached hydrogens (tertiary/aromatic N) is 4. The molecule has 2 aromatic rings. The van der Waals surface area contributed by atoms with Gasteiger partial charge in [0.1, 0.15) is 18.6 Å². The Hall–Kier alpha value is -2.56. The molecule has 1 aromatic carbocycles. The van der Waals surface area contributed by atoms with Crippen molar-refractivity contribution in [3.05, 3.63) is 39.8 Å². The summed E-state index contributed by atoms with van der Waals surface area (Å²) in [5, 5.41) is 3.69. The summed E-state index contributed by atoms with van der Waals surface area (Å²) in [6.07, 6.45) is 4.59. The van der Waals surface area contributed by atoms with Crippen LogP contribution in [0, 0.1) is 12.7 Å². The Morgan fingerprint density at radius 1 is 1.23 bits per heavy atom. The molecule has 10 heteroatoms. The van der Waals surface area contributed by atoms with Crippen LogP contribution in [0.2, 0.25) is 0 Å². The van der Waals surface area contributed by atoms with Crippen LogP contribution in [0.15, 0.2) is 6.07 Å². The van der Waals surface area contributed by atoms with Crippen molar-refractivity contribution in [2.45, 2.75) is 95.3 Å². The summed E-state index contributed by atoms with van der Waals surface area (Å²) >= 11 is 0. The van der Waals surface area contributed by atoms with Crippen LogP contribution in [0.3, 0.4) is 0 Å². The number of halogens is 2. The number of alkyl halides is 1. The van der Waals surface area contributed by atoms with Gasteiger partial charge in [-0.25, -0.2) is 8.78 Å². The molecule has 0 aliphatic carbocycles. The first-order valence-corrected chi connectivity index (χ1v) is 14.9. The van der Waals surface area contributed by atoms with Gasteiger partial charge in [-0.05, 0) is 62.8 Å². The second-order valence-electron chi connectivity index (χ2n) is 12.5. The number of fused-ring (bicyclic) bond motifs is 4. The van der Waals surface area contributed by atoms with E-state index < -0.39 is 18.1 Å². The minimum atomic E-state index is -0.817. The molecule has 5 aliphatic rings. The molecule has 3 unspecified atom stereocenters. The molecule has 0 amide bonds. The van der Waals surface area contributed by atoms with Crippen LogP contribution in [0.4, 0.5) is 20.3 Å². The average molecular weight is 555 g/mol. The van der Waals surface area contributed by atoms with E-state index in [2.05, 4.69) is 15.1 Å². The molecular formula is C30H40F2N6O2. The van der Waals surface area contributed by atoms with Crippen molar-refractivity contribution in [3.63, 3.8) is 0 Å². The van der Waals surface area contributed by atoms with Gasteiger partial charge >= 0.3 is 6.01 Å². The number of benzene rings is 1. The van der Waals surface area contributed by atoms with E-state index in [0.717, 1.165) is 73.5 Å². The standard InChI is InChI=1S/C30H40F2N6O2/c1-3-21-17(2)9-23(33)27(32)26(21)25-10-24-22(15-39-25)28(37-13-19-5-6-20(14-37)34-19)36-29(35-24)40-16-30-7-4-8-38(30)12-18(31)11-30/h9,18-20,25,34H,3-8,10-16,33H2,1-2H3/t18-,19?,20?,25?,30+/m1/s1. The fourth-order valence-corrected chi connectivity index (χ4v) is 8.05. The molecule has 5 aliphatic heterocycles. The summed E-state index contributed by atoms with van der Waals surface area (Å²) < 4.78 is 42.6. The number of aryl methyl sites for hydroxylation is 1. The molecule has 0 saturated carbocycles. The van der Waals surface area contributed by atoms with Gasteiger partial charge in [0, 0.05) is 55.7 Å². The van der Waals surface area contributed by atoms with Crippen molar-refractivity contribution >= 4 is 11.5 Å². The smallest absolute Gasteiger partial charge is 0.318 e. The first-order valence-electron chi connectivity index (χ1n) is 14.9. The highest BCUT2D eigenvalue weighted by molar-refractivity contribution is 5.55. The van der Waals surface area contributed by atoms with Crippen LogP contribution in [-0.4, -0.2) is 71.4 Å². The van der Waals surface area contributed by atoms with E-state index in [-0.39, 0.29) is 11.2 Å². The Bertz CT molecular complexity index is 1300. The van der Waals surface area contributed by atoms with Crippen LogP contribution >= 0.6 is 0 Å². The van der Waals surface area contributed by atoms with Gasteiger partial charge < -0.3 is 25.4 Å². The van der Waals surface area contributed by atoms with E-state index in [1.165, 1.54) is 0 Å². The lowest BCUT2D eigenvalue weighted by Gasteiger charge is -2.37. The summed E-state index contributed by atoms with van der Waals surface area (Å²) in [5.41, 5.74) is 10.1. The number of nitrogen functional groups attached to an aromatic ring is 1. The Morgan fingerprint density at radius 3 is 2.80 bits per heavy atom. The minimum absolute atomic E-state index is 0.144. The zero-order valence-corrected chi connectivity index (χ0v) is 23.5. The van der Waals surface area contributed by atoms with Gasteiger partial charge in [0.25, 0.3) is 0 Å². The molecule has 8 nitrogen and oxygen atoms in total. The van der Waals surface area contributed by atoms with Crippen molar-refractivity contribution < 1.29 is 18.3 Å². The van der Waals surface area contributed by atoms with E-state index in [4.69, 9.17) is 25.2 Å². The number of hydrogen-bond acceptors (Lipinski definition) is 8. The summed E-state index contributed by atoms with van der Waals surface area (Å²) in [6.45, 7) is 7.80. The van der Waals surface area contributed by atoms with Gasteiger partial charge in [0.05, 0.1) is 29.6 Å². The lowest BCUT2D eigenvalue weighted by atomic mass is 9.90. The van der Waals surface area contributed by atoms with E-state index >= 15 is 4.39 Å². The maximum absolute atomic E-state index is 15.5. The molecule has 7 rings (SSSR count). The maximum atomic E-state index is 15.5. The van der Waals surface area contributed by atoms with Crippen LogP contribution in [-0.2, 0) is 24.2 Å². The lowest BCUT2D eigenvalue weighted by Crippen LogP contribution is -2.52. The zero-order valence-electron chi connectivity index (χ0n) is 23.5. The topological polar surface area (TPSA) is 88.8 Å². The molecule has 40 heavy (non-hydrogen) atoms. The fraction of sp³-hybridized carbons (Fsp3) is 0.667. The first-order chi connectivity index (χ1) is 19.3. The largest absolute Gasteiger partial charge is 0.461 e. The quantitative estimate of drug-likeness (QED) is 0.522. The van der Waals surface area contributed by atoms with Crippen molar-refractivity contribution in [3.8, 4) is 6.01 Å². The number of hydrogen-bond donors (Lipinski definition) is 2. The highest BCUT2D eigenvalue weighted by atomic mass is 19.1. The van der Waals surface area contributed by atoms with Gasteiger partial charge in [0.15, 0.2) is 5.82 Å². The predicted molar refractivity (Wildman–Crippen MR) is 149 cm³/mol. The third kappa shape index (κ3) is 4.43. The fourth-order valence-electron chi connectivity index (χ4n) is 8.05. The molecule has 1 aromatic heterocycles. The van der Waals surface area contributed by atoms with E-state index in [0.29, 0.717) is 62.7 Å².